The number of ether oxygens (including phenoxy) is 1. The second-order valence-electron chi connectivity index (χ2n) is 5.98. The van der Waals surface area contributed by atoms with Gasteiger partial charge < -0.3 is 15.2 Å². The average Bonchev–Trinajstić information content (AvgIpc) is 3.15. The molecule has 1 aromatic heterocycles. The van der Waals surface area contributed by atoms with E-state index in [2.05, 4.69) is 20.8 Å². The highest BCUT2D eigenvalue weighted by Crippen LogP contribution is 2.28. The van der Waals surface area contributed by atoms with E-state index in [9.17, 15) is 4.79 Å². The summed E-state index contributed by atoms with van der Waals surface area (Å²) in [6.45, 7) is 3.95. The number of carbonyl (C=O) groups is 1. The number of benzene rings is 2. The summed E-state index contributed by atoms with van der Waals surface area (Å²) in [6.07, 6.45) is 0.0260. The number of hydrogen-bond acceptors (Lipinski definition) is 6. The fourth-order valence-corrected chi connectivity index (χ4v) is 2.61. The van der Waals surface area contributed by atoms with Gasteiger partial charge in [-0.3, -0.25) is 0 Å². The van der Waals surface area contributed by atoms with E-state index in [1.807, 2.05) is 44.2 Å². The molecule has 0 bridgehead atoms. The van der Waals surface area contributed by atoms with E-state index in [0.717, 1.165) is 16.7 Å². The highest BCUT2D eigenvalue weighted by molar-refractivity contribution is 5.73. The van der Waals surface area contributed by atoms with Gasteiger partial charge in [0.15, 0.2) is 5.82 Å². The number of rotatable bonds is 6. The van der Waals surface area contributed by atoms with Gasteiger partial charge in [-0.05, 0) is 40.6 Å². The van der Waals surface area contributed by atoms with Crippen LogP contribution in [0.2, 0.25) is 0 Å². The molecule has 140 valence electrons. The van der Waals surface area contributed by atoms with Crippen molar-refractivity contribution in [3.63, 3.8) is 0 Å². The molecule has 1 heterocycles. The molecule has 0 spiro atoms. The molecule has 0 saturated carbocycles. The number of carbonyl (C=O) groups excluding carboxylic acids is 1. The number of aryl methyl sites for hydroxylation is 2. The number of aromatic nitrogens is 4. The molecule has 1 amide bonds. The maximum absolute atomic E-state index is 11.9. The maximum Gasteiger partial charge on any atom is 0.412 e. The number of amides is 1. The summed E-state index contributed by atoms with van der Waals surface area (Å²) in [5.41, 5.74) is 3.70. The lowest BCUT2D eigenvalue weighted by Gasteiger charge is -2.12. The number of aliphatic hydroxyl groups excluding tert-OH is 1. The summed E-state index contributed by atoms with van der Waals surface area (Å²) < 4.78 is 6.99. The summed E-state index contributed by atoms with van der Waals surface area (Å²) in [5.74, 6) is 1.06. The van der Waals surface area contributed by atoms with Crippen LogP contribution in [0.5, 0.6) is 5.75 Å². The third-order valence-electron chi connectivity index (χ3n) is 3.96. The van der Waals surface area contributed by atoms with Gasteiger partial charge in [0.05, 0.1) is 12.3 Å². The molecule has 0 unspecified atom stereocenters. The third-order valence-corrected chi connectivity index (χ3v) is 3.96. The maximum atomic E-state index is 11.9. The van der Waals surface area contributed by atoms with Crippen LogP contribution in [0.1, 0.15) is 18.3 Å². The van der Waals surface area contributed by atoms with Crippen molar-refractivity contribution in [3.8, 4) is 22.6 Å². The molecule has 8 heteroatoms. The third kappa shape index (κ3) is 4.48. The van der Waals surface area contributed by atoms with Crippen LogP contribution < -0.4 is 10.1 Å². The predicted octanol–water partition coefficient (Wildman–Crippen LogP) is 2.28. The fourth-order valence-electron chi connectivity index (χ4n) is 2.61. The largest absolute Gasteiger partial charge is 0.412 e. The summed E-state index contributed by atoms with van der Waals surface area (Å²) in [7, 11) is 0. The van der Waals surface area contributed by atoms with Crippen molar-refractivity contribution >= 4 is 6.09 Å². The summed E-state index contributed by atoms with van der Waals surface area (Å²) in [4.78, 5) is 11.9. The van der Waals surface area contributed by atoms with E-state index < -0.39 is 6.09 Å². The van der Waals surface area contributed by atoms with Crippen LogP contribution >= 0.6 is 0 Å². The van der Waals surface area contributed by atoms with Gasteiger partial charge in [0, 0.05) is 19.0 Å². The Kier molecular flexibility index (Phi) is 5.77. The lowest BCUT2D eigenvalue weighted by Crippen LogP contribution is -2.29. The van der Waals surface area contributed by atoms with E-state index in [0.29, 0.717) is 23.7 Å². The number of hydrogen-bond donors (Lipinski definition) is 2. The molecule has 0 fully saturated rings. The van der Waals surface area contributed by atoms with Gasteiger partial charge in [-0.15, -0.1) is 5.10 Å². The van der Waals surface area contributed by atoms with E-state index in [1.54, 1.807) is 16.8 Å². The zero-order valence-corrected chi connectivity index (χ0v) is 15.2. The fraction of sp³-hybridized carbons (Fsp3) is 0.263. The van der Waals surface area contributed by atoms with Crippen molar-refractivity contribution in [1.82, 2.24) is 25.5 Å². The molecule has 0 radical (unpaired) electrons. The van der Waals surface area contributed by atoms with Crippen LogP contribution in [-0.2, 0) is 6.42 Å². The second-order valence-corrected chi connectivity index (χ2v) is 5.98. The van der Waals surface area contributed by atoms with Crippen LogP contribution in [0.15, 0.2) is 42.5 Å². The lowest BCUT2D eigenvalue weighted by molar-refractivity contribution is 0.195. The highest BCUT2D eigenvalue weighted by atomic mass is 16.6. The predicted molar refractivity (Wildman–Crippen MR) is 99.8 cm³/mol. The molecule has 8 nitrogen and oxygen atoms in total. The molecular weight excluding hydrogens is 346 g/mol. The van der Waals surface area contributed by atoms with E-state index in [-0.39, 0.29) is 13.2 Å². The number of tetrazole rings is 1. The molecule has 0 aliphatic rings. The first-order chi connectivity index (χ1) is 13.1. The molecule has 0 atom stereocenters. The molecule has 2 N–H and O–H groups in total. The number of nitrogens with one attached hydrogen (secondary N) is 1. The van der Waals surface area contributed by atoms with E-state index in [4.69, 9.17) is 9.84 Å². The number of nitrogens with zero attached hydrogens (tertiary/aromatic N) is 4. The van der Waals surface area contributed by atoms with Crippen molar-refractivity contribution in [1.29, 1.82) is 0 Å². The first kappa shape index (κ1) is 18.5. The van der Waals surface area contributed by atoms with Gasteiger partial charge >= 0.3 is 6.09 Å². The summed E-state index contributed by atoms with van der Waals surface area (Å²) >= 11 is 0. The standard InChI is InChI=1S/C19H21N5O3/c1-3-18-21-22-23-24(18)16-10-15(14-6-4-13(2)5-7-14)11-17(12-16)27-19(26)20-8-9-25/h4-7,10-12,25H,3,8-9H2,1-2H3,(H,20,26). The zero-order valence-electron chi connectivity index (χ0n) is 15.2. The molecule has 0 aliphatic carbocycles. The van der Waals surface area contributed by atoms with Crippen LogP contribution in [0, 0.1) is 6.92 Å². The SMILES string of the molecule is CCc1nnnn1-c1cc(OC(=O)NCCO)cc(-c2ccc(C)cc2)c1. The molecule has 27 heavy (non-hydrogen) atoms. The molecule has 2 aromatic carbocycles. The van der Waals surface area contributed by atoms with Crippen LogP contribution in [0.25, 0.3) is 16.8 Å². The van der Waals surface area contributed by atoms with E-state index in [1.165, 1.54) is 0 Å². The van der Waals surface area contributed by atoms with Gasteiger partial charge in [0.1, 0.15) is 5.75 Å². The van der Waals surface area contributed by atoms with Gasteiger partial charge in [-0.25, -0.2) is 4.79 Å². The zero-order chi connectivity index (χ0) is 19.2. The first-order valence-electron chi connectivity index (χ1n) is 8.67. The van der Waals surface area contributed by atoms with Crippen LogP contribution in [-0.4, -0.2) is 44.6 Å². The lowest BCUT2D eigenvalue weighted by atomic mass is 10.0. The molecule has 0 aliphatic heterocycles. The van der Waals surface area contributed by atoms with Gasteiger partial charge in [0.25, 0.3) is 0 Å². The van der Waals surface area contributed by atoms with Gasteiger partial charge in [-0.2, -0.15) is 4.68 Å². The Morgan fingerprint density at radius 3 is 2.67 bits per heavy atom. The van der Waals surface area contributed by atoms with Crippen molar-refractivity contribution in [2.24, 2.45) is 0 Å². The van der Waals surface area contributed by atoms with Crippen molar-refractivity contribution in [2.45, 2.75) is 20.3 Å². The Balaban J connectivity index is 2.02. The number of aliphatic hydroxyl groups is 1. The average molecular weight is 367 g/mol. The Morgan fingerprint density at radius 1 is 1.19 bits per heavy atom. The van der Waals surface area contributed by atoms with Crippen LogP contribution in [0.3, 0.4) is 0 Å². The minimum Gasteiger partial charge on any atom is -0.410 e. The minimum atomic E-state index is -0.636. The highest BCUT2D eigenvalue weighted by Gasteiger charge is 2.12. The van der Waals surface area contributed by atoms with Gasteiger partial charge in [0.2, 0.25) is 0 Å². The molecule has 0 saturated heterocycles. The smallest absolute Gasteiger partial charge is 0.410 e. The van der Waals surface area contributed by atoms with Crippen molar-refractivity contribution in [3.05, 3.63) is 53.9 Å². The summed E-state index contributed by atoms with van der Waals surface area (Å²) in [5, 5.41) is 23.1. The van der Waals surface area contributed by atoms with Gasteiger partial charge in [-0.1, -0.05) is 36.8 Å². The summed E-state index contributed by atoms with van der Waals surface area (Å²) in [6, 6.07) is 13.5. The molecular formula is C19H21N5O3. The second kappa shape index (κ2) is 8.41. The monoisotopic (exact) mass is 367 g/mol. The van der Waals surface area contributed by atoms with E-state index >= 15 is 0 Å². The molecule has 3 aromatic rings. The van der Waals surface area contributed by atoms with Crippen LogP contribution in [0.4, 0.5) is 4.79 Å². The van der Waals surface area contributed by atoms with Crippen molar-refractivity contribution < 1.29 is 14.6 Å². The topological polar surface area (TPSA) is 102 Å². The first-order valence-corrected chi connectivity index (χ1v) is 8.67. The Labute approximate surface area is 156 Å². The van der Waals surface area contributed by atoms with Crippen molar-refractivity contribution in [2.75, 3.05) is 13.2 Å². The quantitative estimate of drug-likeness (QED) is 0.693. The normalized spacial score (nSPS) is 10.6. The minimum absolute atomic E-state index is 0.121. The Bertz CT molecular complexity index is 921. The molecule has 3 rings (SSSR count). The Hall–Kier alpha value is -3.26. The Morgan fingerprint density at radius 2 is 1.96 bits per heavy atom.